The number of methoxy groups -OCH3 is 2. The topological polar surface area (TPSA) is 91.4 Å². The number of rotatable bonds is 6. The molecule has 2 heterocycles. The third-order valence-corrected chi connectivity index (χ3v) is 6.42. The Morgan fingerprint density at radius 3 is 2.17 bits per heavy atom. The van der Waals surface area contributed by atoms with E-state index in [0.29, 0.717) is 56.2 Å². The Labute approximate surface area is 203 Å². The third kappa shape index (κ3) is 5.64. The van der Waals surface area contributed by atoms with Gasteiger partial charge in [0.1, 0.15) is 17.3 Å². The number of nitrogens with zero attached hydrogens (tertiary/aromatic N) is 3. The molecule has 10 heteroatoms. The van der Waals surface area contributed by atoms with Crippen molar-refractivity contribution in [2.45, 2.75) is 25.4 Å². The summed E-state index contributed by atoms with van der Waals surface area (Å²) in [4.78, 5) is 43.1. The molecule has 9 nitrogen and oxygen atoms in total. The summed E-state index contributed by atoms with van der Waals surface area (Å²) in [7, 11) is 3.08. The fourth-order valence-electron chi connectivity index (χ4n) is 4.46. The molecule has 0 radical (unpaired) electrons. The maximum atomic E-state index is 13.1. The number of carbonyl (C=O) groups is 3. The molecule has 4 rings (SSSR count). The number of hydrogen-bond donors (Lipinski definition) is 1. The van der Waals surface area contributed by atoms with E-state index >= 15 is 0 Å². The minimum Gasteiger partial charge on any atom is -0.497 e. The van der Waals surface area contributed by atoms with E-state index in [9.17, 15) is 18.8 Å². The molecule has 2 aromatic rings. The number of hydrogen-bond acceptors (Lipinski definition) is 5. The van der Waals surface area contributed by atoms with Crippen molar-refractivity contribution in [1.82, 2.24) is 14.7 Å². The number of nitrogens with one attached hydrogen (secondary N) is 1. The summed E-state index contributed by atoms with van der Waals surface area (Å²) in [6.07, 6.45) is 1.18. The van der Waals surface area contributed by atoms with Crippen molar-refractivity contribution < 1.29 is 28.2 Å². The van der Waals surface area contributed by atoms with Crippen LogP contribution in [0.1, 0.15) is 18.4 Å². The van der Waals surface area contributed by atoms with Gasteiger partial charge < -0.3 is 29.5 Å². The lowest BCUT2D eigenvalue weighted by atomic mass is 10.0. The van der Waals surface area contributed by atoms with E-state index in [0.717, 1.165) is 5.56 Å². The molecule has 2 fully saturated rings. The first-order valence-corrected chi connectivity index (χ1v) is 11.5. The van der Waals surface area contributed by atoms with Crippen molar-refractivity contribution >= 4 is 23.5 Å². The van der Waals surface area contributed by atoms with Gasteiger partial charge in [0.05, 0.1) is 14.2 Å². The fraction of sp³-hybridized carbons (Fsp3) is 0.400. The first kappa shape index (κ1) is 24.3. The van der Waals surface area contributed by atoms with Crippen molar-refractivity contribution in [3.05, 3.63) is 53.8 Å². The van der Waals surface area contributed by atoms with E-state index in [1.54, 1.807) is 54.4 Å². The van der Waals surface area contributed by atoms with Crippen LogP contribution in [-0.4, -0.2) is 79.0 Å². The summed E-state index contributed by atoms with van der Waals surface area (Å²) in [6.45, 7) is 2.06. The summed E-state index contributed by atoms with van der Waals surface area (Å²) in [6, 6.07) is 10.7. The molecule has 0 unspecified atom stereocenters. The highest BCUT2D eigenvalue weighted by Crippen LogP contribution is 2.27. The lowest BCUT2D eigenvalue weighted by Crippen LogP contribution is -2.59. The number of anilines is 1. The summed E-state index contributed by atoms with van der Waals surface area (Å²) in [5.74, 6) is -0.276. The zero-order chi connectivity index (χ0) is 24.9. The number of amides is 4. The standard InChI is InChI=1S/C25H29FN4O5/c1-34-21-13-19(14-22(15-21)35-2)27-25(33)28-9-7-20(8-10-28)30-12-11-29(23(31)24(30)32)16-17-3-5-18(26)6-4-17/h3-6,13-15,20H,7-12,16H2,1-2H3,(H,27,33). The highest BCUT2D eigenvalue weighted by Gasteiger charge is 2.38. The van der Waals surface area contributed by atoms with Crippen LogP contribution in [0.2, 0.25) is 0 Å². The minimum absolute atomic E-state index is 0.0969. The van der Waals surface area contributed by atoms with Crippen molar-refractivity contribution in [3.8, 4) is 11.5 Å². The second kappa shape index (κ2) is 10.6. The predicted octanol–water partition coefficient (Wildman–Crippen LogP) is 2.71. The molecular weight excluding hydrogens is 455 g/mol. The van der Waals surface area contributed by atoms with Gasteiger partial charge in [-0.3, -0.25) is 9.59 Å². The zero-order valence-corrected chi connectivity index (χ0v) is 19.8. The van der Waals surface area contributed by atoms with Gasteiger partial charge in [0.2, 0.25) is 0 Å². The predicted molar refractivity (Wildman–Crippen MR) is 127 cm³/mol. The SMILES string of the molecule is COc1cc(NC(=O)N2CCC(N3CCN(Cc4ccc(F)cc4)C(=O)C3=O)CC2)cc(OC)c1. The van der Waals surface area contributed by atoms with E-state index in [-0.39, 0.29) is 24.4 Å². The Kier molecular flexibility index (Phi) is 7.38. The lowest BCUT2D eigenvalue weighted by Gasteiger charge is -2.42. The average Bonchev–Trinajstić information content (AvgIpc) is 2.88. The Hall–Kier alpha value is -3.82. The maximum absolute atomic E-state index is 13.1. The molecule has 2 saturated heterocycles. The van der Waals surface area contributed by atoms with Crippen LogP contribution in [0.4, 0.5) is 14.9 Å². The zero-order valence-electron chi connectivity index (χ0n) is 19.8. The fourth-order valence-corrected chi connectivity index (χ4v) is 4.46. The average molecular weight is 485 g/mol. The van der Waals surface area contributed by atoms with E-state index in [4.69, 9.17) is 9.47 Å². The summed E-state index contributed by atoms with van der Waals surface area (Å²) in [5.41, 5.74) is 1.33. The van der Waals surface area contributed by atoms with Crippen LogP contribution in [-0.2, 0) is 16.1 Å². The van der Waals surface area contributed by atoms with Gasteiger partial charge in [-0.15, -0.1) is 0 Å². The molecule has 0 atom stereocenters. The number of urea groups is 1. The number of ether oxygens (including phenoxy) is 2. The molecule has 4 amide bonds. The van der Waals surface area contributed by atoms with E-state index in [2.05, 4.69) is 5.32 Å². The Morgan fingerprint density at radius 1 is 0.943 bits per heavy atom. The van der Waals surface area contributed by atoms with Gasteiger partial charge in [0.15, 0.2) is 0 Å². The minimum atomic E-state index is -0.548. The van der Waals surface area contributed by atoms with Crippen LogP contribution < -0.4 is 14.8 Å². The third-order valence-electron chi connectivity index (χ3n) is 6.42. The molecule has 1 N–H and O–H groups in total. The molecular formula is C25H29FN4O5. The Balaban J connectivity index is 1.30. The van der Waals surface area contributed by atoms with Gasteiger partial charge in [-0.2, -0.15) is 0 Å². The second-order valence-electron chi connectivity index (χ2n) is 8.60. The van der Waals surface area contributed by atoms with Crippen LogP contribution in [0.5, 0.6) is 11.5 Å². The summed E-state index contributed by atoms with van der Waals surface area (Å²) in [5, 5.41) is 2.87. The quantitative estimate of drug-likeness (QED) is 0.637. The number of halogens is 1. The van der Waals surface area contributed by atoms with Crippen molar-refractivity contribution in [1.29, 1.82) is 0 Å². The first-order valence-electron chi connectivity index (χ1n) is 11.5. The normalized spacial score (nSPS) is 16.9. The molecule has 2 aliphatic heterocycles. The maximum Gasteiger partial charge on any atom is 0.321 e. The van der Waals surface area contributed by atoms with Crippen LogP contribution in [0, 0.1) is 5.82 Å². The monoisotopic (exact) mass is 484 g/mol. The molecule has 0 aromatic heterocycles. The van der Waals surface area contributed by atoms with Crippen LogP contribution in [0.3, 0.4) is 0 Å². The number of carbonyl (C=O) groups excluding carboxylic acids is 3. The van der Waals surface area contributed by atoms with E-state index < -0.39 is 11.8 Å². The molecule has 2 aliphatic rings. The van der Waals surface area contributed by atoms with Crippen molar-refractivity contribution in [2.24, 2.45) is 0 Å². The molecule has 0 bridgehead atoms. The summed E-state index contributed by atoms with van der Waals surface area (Å²) >= 11 is 0. The van der Waals surface area contributed by atoms with Gasteiger partial charge in [-0.1, -0.05) is 12.1 Å². The highest BCUT2D eigenvalue weighted by atomic mass is 19.1. The number of likely N-dealkylation sites (tertiary alicyclic amines) is 1. The van der Waals surface area contributed by atoms with Gasteiger partial charge in [-0.25, -0.2) is 9.18 Å². The number of piperazine rings is 1. The molecule has 186 valence electrons. The van der Waals surface area contributed by atoms with E-state index in [1.165, 1.54) is 17.0 Å². The van der Waals surface area contributed by atoms with Crippen molar-refractivity contribution in [2.75, 3.05) is 45.7 Å². The molecule has 0 saturated carbocycles. The first-order chi connectivity index (χ1) is 16.9. The molecule has 2 aromatic carbocycles. The van der Waals surface area contributed by atoms with Crippen molar-refractivity contribution in [3.63, 3.8) is 0 Å². The molecule has 35 heavy (non-hydrogen) atoms. The van der Waals surface area contributed by atoms with Gasteiger partial charge in [-0.05, 0) is 30.5 Å². The number of benzene rings is 2. The van der Waals surface area contributed by atoms with Gasteiger partial charge >= 0.3 is 17.8 Å². The number of piperidine rings is 1. The van der Waals surface area contributed by atoms with Crippen LogP contribution in [0.15, 0.2) is 42.5 Å². The Bertz CT molecular complexity index is 1060. The smallest absolute Gasteiger partial charge is 0.321 e. The van der Waals surface area contributed by atoms with Gasteiger partial charge in [0.25, 0.3) is 0 Å². The van der Waals surface area contributed by atoms with Crippen LogP contribution in [0.25, 0.3) is 0 Å². The summed E-state index contributed by atoms with van der Waals surface area (Å²) < 4.78 is 23.6. The Morgan fingerprint density at radius 2 is 1.57 bits per heavy atom. The van der Waals surface area contributed by atoms with Gasteiger partial charge in [0, 0.05) is 62.7 Å². The lowest BCUT2D eigenvalue weighted by molar-refractivity contribution is -0.158. The van der Waals surface area contributed by atoms with E-state index in [1.807, 2.05) is 0 Å². The second-order valence-corrected chi connectivity index (χ2v) is 8.60. The van der Waals surface area contributed by atoms with Crippen LogP contribution >= 0.6 is 0 Å². The highest BCUT2D eigenvalue weighted by molar-refractivity contribution is 6.35. The molecule has 0 aliphatic carbocycles. The molecule has 0 spiro atoms. The largest absolute Gasteiger partial charge is 0.497 e.